The van der Waals surface area contributed by atoms with Crippen LogP contribution in [-0.2, 0) is 6.54 Å². The van der Waals surface area contributed by atoms with Gasteiger partial charge in [-0.15, -0.1) is 0 Å². The molecule has 0 aliphatic heterocycles. The van der Waals surface area contributed by atoms with E-state index in [1.165, 1.54) is 16.7 Å². The van der Waals surface area contributed by atoms with Gasteiger partial charge in [-0.05, 0) is 36.6 Å². The van der Waals surface area contributed by atoms with Crippen LogP contribution in [0.25, 0.3) is 0 Å². The fraction of sp³-hybridized carbons (Fsp3) is 0.368. The molecule has 1 unspecified atom stereocenters. The molecule has 0 saturated heterocycles. The average Bonchev–Trinajstić information content (AvgIpc) is 2.51. The van der Waals surface area contributed by atoms with Crippen LogP contribution in [0.1, 0.15) is 36.1 Å². The summed E-state index contributed by atoms with van der Waals surface area (Å²) in [5, 5.41) is 0. The van der Waals surface area contributed by atoms with Crippen molar-refractivity contribution in [3.05, 3.63) is 71.3 Å². The van der Waals surface area contributed by atoms with Gasteiger partial charge < -0.3 is 5.73 Å². The summed E-state index contributed by atoms with van der Waals surface area (Å²) in [6.07, 6.45) is 1.13. The molecule has 0 saturated carbocycles. The van der Waals surface area contributed by atoms with Gasteiger partial charge >= 0.3 is 0 Å². The maximum atomic E-state index is 6.12. The first-order valence-corrected chi connectivity index (χ1v) is 7.79. The molecule has 0 heterocycles. The summed E-state index contributed by atoms with van der Waals surface area (Å²) < 4.78 is 0. The molecule has 2 N–H and O–H groups in total. The van der Waals surface area contributed by atoms with E-state index in [-0.39, 0.29) is 6.04 Å². The van der Waals surface area contributed by atoms with Crippen LogP contribution >= 0.6 is 0 Å². The highest BCUT2D eigenvalue weighted by atomic mass is 15.2. The Morgan fingerprint density at radius 2 is 1.67 bits per heavy atom. The Hall–Kier alpha value is -1.64. The highest BCUT2D eigenvalue weighted by Gasteiger charge is 2.19. The molecule has 2 aromatic carbocycles. The van der Waals surface area contributed by atoms with Crippen molar-refractivity contribution in [2.24, 2.45) is 5.73 Å². The van der Waals surface area contributed by atoms with Crippen LogP contribution in [0.5, 0.6) is 0 Å². The average molecular weight is 282 g/mol. The highest BCUT2D eigenvalue weighted by molar-refractivity contribution is 5.29. The standard InChI is InChI=1S/C19H26N2/c1-3-13-21(15-17-10-5-4-6-11-17)19(14-20)18-12-8-7-9-16(18)2/h4-12,19H,3,13-15,20H2,1-2H3. The maximum Gasteiger partial charge on any atom is 0.0476 e. The largest absolute Gasteiger partial charge is 0.329 e. The lowest BCUT2D eigenvalue weighted by molar-refractivity contribution is 0.192. The van der Waals surface area contributed by atoms with Crippen LogP contribution < -0.4 is 5.73 Å². The Labute approximate surface area is 128 Å². The van der Waals surface area contributed by atoms with Gasteiger partial charge in [0.15, 0.2) is 0 Å². The number of benzene rings is 2. The van der Waals surface area contributed by atoms with E-state index in [4.69, 9.17) is 5.73 Å². The van der Waals surface area contributed by atoms with Crippen molar-refractivity contribution in [1.82, 2.24) is 4.90 Å². The Morgan fingerprint density at radius 3 is 2.29 bits per heavy atom. The van der Waals surface area contributed by atoms with Crippen LogP contribution in [0.4, 0.5) is 0 Å². The van der Waals surface area contributed by atoms with Gasteiger partial charge in [-0.3, -0.25) is 4.90 Å². The van der Waals surface area contributed by atoms with E-state index in [1.807, 2.05) is 0 Å². The maximum absolute atomic E-state index is 6.12. The van der Waals surface area contributed by atoms with E-state index < -0.39 is 0 Å². The van der Waals surface area contributed by atoms with E-state index in [2.05, 4.69) is 73.3 Å². The van der Waals surface area contributed by atoms with Gasteiger partial charge in [-0.25, -0.2) is 0 Å². The summed E-state index contributed by atoms with van der Waals surface area (Å²) in [6.45, 7) is 7.06. The predicted molar refractivity (Wildman–Crippen MR) is 90.1 cm³/mol. The SMILES string of the molecule is CCCN(Cc1ccccc1)C(CN)c1ccccc1C. The van der Waals surface area contributed by atoms with Crippen molar-refractivity contribution in [3.63, 3.8) is 0 Å². The summed E-state index contributed by atoms with van der Waals surface area (Å²) in [5.41, 5.74) is 10.1. The van der Waals surface area contributed by atoms with Crippen LogP contribution in [0.2, 0.25) is 0 Å². The van der Waals surface area contributed by atoms with E-state index in [0.717, 1.165) is 19.5 Å². The molecule has 2 rings (SSSR count). The second-order valence-electron chi connectivity index (χ2n) is 5.56. The smallest absolute Gasteiger partial charge is 0.0476 e. The zero-order valence-corrected chi connectivity index (χ0v) is 13.1. The first-order chi connectivity index (χ1) is 10.3. The van der Waals surface area contributed by atoms with Gasteiger partial charge in [0, 0.05) is 19.1 Å². The van der Waals surface area contributed by atoms with Gasteiger partial charge in [-0.2, -0.15) is 0 Å². The lowest BCUT2D eigenvalue weighted by atomic mass is 9.99. The van der Waals surface area contributed by atoms with Crippen molar-refractivity contribution >= 4 is 0 Å². The van der Waals surface area contributed by atoms with Gasteiger partial charge in [-0.1, -0.05) is 61.5 Å². The number of hydrogen-bond donors (Lipinski definition) is 1. The third-order valence-corrected chi connectivity index (χ3v) is 3.95. The molecule has 1 atom stereocenters. The lowest BCUT2D eigenvalue weighted by Gasteiger charge is -2.32. The summed E-state index contributed by atoms with van der Waals surface area (Å²) >= 11 is 0. The van der Waals surface area contributed by atoms with Crippen molar-refractivity contribution in [2.75, 3.05) is 13.1 Å². The van der Waals surface area contributed by atoms with Crippen molar-refractivity contribution in [3.8, 4) is 0 Å². The number of aryl methyl sites for hydroxylation is 1. The summed E-state index contributed by atoms with van der Waals surface area (Å²) in [7, 11) is 0. The third-order valence-electron chi connectivity index (χ3n) is 3.95. The second kappa shape index (κ2) is 7.96. The molecule has 0 aromatic heterocycles. The number of nitrogens with two attached hydrogens (primary N) is 1. The lowest BCUT2D eigenvalue weighted by Crippen LogP contribution is -2.34. The monoisotopic (exact) mass is 282 g/mol. The van der Waals surface area contributed by atoms with Gasteiger partial charge in [0.2, 0.25) is 0 Å². The van der Waals surface area contributed by atoms with Crippen LogP contribution in [0, 0.1) is 6.92 Å². The minimum atomic E-state index is 0.284. The topological polar surface area (TPSA) is 29.3 Å². The Kier molecular flexibility index (Phi) is 5.97. The third kappa shape index (κ3) is 4.16. The zero-order chi connectivity index (χ0) is 15.1. The normalized spacial score (nSPS) is 12.6. The van der Waals surface area contributed by atoms with E-state index in [9.17, 15) is 0 Å². The molecule has 0 bridgehead atoms. The highest BCUT2D eigenvalue weighted by Crippen LogP contribution is 2.25. The molecule has 21 heavy (non-hydrogen) atoms. The number of nitrogens with zero attached hydrogens (tertiary/aromatic N) is 1. The fourth-order valence-electron chi connectivity index (χ4n) is 2.88. The van der Waals surface area contributed by atoms with E-state index in [0.29, 0.717) is 6.54 Å². The molecule has 2 heteroatoms. The second-order valence-corrected chi connectivity index (χ2v) is 5.56. The van der Waals surface area contributed by atoms with Crippen molar-refractivity contribution < 1.29 is 0 Å². The molecule has 2 aromatic rings. The Morgan fingerprint density at radius 1 is 1.00 bits per heavy atom. The molecule has 0 aliphatic rings. The van der Waals surface area contributed by atoms with Gasteiger partial charge in [0.25, 0.3) is 0 Å². The van der Waals surface area contributed by atoms with Crippen LogP contribution in [-0.4, -0.2) is 18.0 Å². The molecule has 0 amide bonds. The van der Waals surface area contributed by atoms with Gasteiger partial charge in [0.05, 0.1) is 0 Å². The van der Waals surface area contributed by atoms with E-state index in [1.54, 1.807) is 0 Å². The molecule has 0 aliphatic carbocycles. The zero-order valence-electron chi connectivity index (χ0n) is 13.1. The first-order valence-electron chi connectivity index (χ1n) is 7.79. The fourth-order valence-corrected chi connectivity index (χ4v) is 2.88. The number of hydrogen-bond acceptors (Lipinski definition) is 2. The molecular formula is C19H26N2. The van der Waals surface area contributed by atoms with Gasteiger partial charge in [0.1, 0.15) is 0 Å². The minimum absolute atomic E-state index is 0.284. The molecule has 0 fully saturated rings. The van der Waals surface area contributed by atoms with Crippen molar-refractivity contribution in [1.29, 1.82) is 0 Å². The number of rotatable bonds is 7. The van der Waals surface area contributed by atoms with Crippen molar-refractivity contribution in [2.45, 2.75) is 32.9 Å². The minimum Gasteiger partial charge on any atom is -0.329 e. The van der Waals surface area contributed by atoms with E-state index >= 15 is 0 Å². The van der Waals surface area contributed by atoms with Crippen LogP contribution in [0.15, 0.2) is 54.6 Å². The first kappa shape index (κ1) is 15.7. The summed E-state index contributed by atoms with van der Waals surface area (Å²) in [6, 6.07) is 19.5. The molecule has 2 nitrogen and oxygen atoms in total. The Bertz CT molecular complexity index is 536. The molecule has 0 spiro atoms. The van der Waals surface area contributed by atoms with Crippen LogP contribution in [0.3, 0.4) is 0 Å². The quantitative estimate of drug-likeness (QED) is 0.834. The predicted octanol–water partition coefficient (Wildman–Crippen LogP) is 3.91. The molecule has 0 radical (unpaired) electrons. The summed E-state index contributed by atoms with van der Waals surface area (Å²) in [5.74, 6) is 0. The molecular weight excluding hydrogens is 256 g/mol. The Balaban J connectivity index is 2.24. The summed E-state index contributed by atoms with van der Waals surface area (Å²) in [4.78, 5) is 2.50. The molecule has 112 valence electrons.